The van der Waals surface area contributed by atoms with Crippen LogP contribution in [0, 0.1) is 0 Å². The van der Waals surface area contributed by atoms with Gasteiger partial charge in [-0.05, 0) is 40.4 Å². The highest BCUT2D eigenvalue weighted by Gasteiger charge is 1.97. The molecule has 1 aromatic carbocycles. The monoisotopic (exact) mass is 262 g/mol. The summed E-state index contributed by atoms with van der Waals surface area (Å²) < 4.78 is 0.848. The summed E-state index contributed by atoms with van der Waals surface area (Å²) in [5, 5.41) is 0. The Morgan fingerprint density at radius 2 is 1.80 bits per heavy atom. The molecular weight excluding hydrogens is 252 g/mol. The molecule has 2 nitrogen and oxygen atoms in total. The molecule has 2 aromatic rings. The van der Waals surface area contributed by atoms with Crippen LogP contribution in [0.1, 0.15) is 11.3 Å². The first-order valence-corrected chi connectivity index (χ1v) is 5.64. The average molecular weight is 263 g/mol. The van der Waals surface area contributed by atoms with Gasteiger partial charge in [0.2, 0.25) is 0 Å². The lowest BCUT2D eigenvalue weighted by Gasteiger charge is -2.01. The van der Waals surface area contributed by atoms with Crippen molar-refractivity contribution in [3.05, 3.63) is 58.6 Å². The number of hydrogen-bond donors (Lipinski definition) is 0. The molecule has 0 aliphatic heterocycles. The highest BCUT2D eigenvalue weighted by atomic mass is 79.9. The molecule has 76 valence electrons. The van der Waals surface area contributed by atoms with Gasteiger partial charge in [-0.1, -0.05) is 30.3 Å². The van der Waals surface area contributed by atoms with Crippen LogP contribution < -0.4 is 0 Å². The number of benzene rings is 1. The molecule has 3 heteroatoms. The summed E-state index contributed by atoms with van der Waals surface area (Å²) in [5.41, 5.74) is 2.41. The van der Waals surface area contributed by atoms with Crippen LogP contribution in [0.2, 0.25) is 0 Å². The van der Waals surface area contributed by atoms with Crippen molar-refractivity contribution in [2.24, 2.45) is 0 Å². The molecule has 0 fully saturated rings. The number of aryl methyl sites for hydroxylation is 2. The van der Waals surface area contributed by atoms with Crippen LogP contribution >= 0.6 is 15.9 Å². The first kappa shape index (κ1) is 10.3. The van der Waals surface area contributed by atoms with Crippen molar-refractivity contribution < 1.29 is 0 Å². The zero-order valence-corrected chi connectivity index (χ0v) is 9.81. The van der Waals surface area contributed by atoms with Gasteiger partial charge >= 0.3 is 0 Å². The standard InChI is InChI=1S/C12H11BrN2/c13-12-8-11(14-9-15-12)7-6-10-4-2-1-3-5-10/h1-5,8-9H,6-7H2. The zero-order chi connectivity index (χ0) is 10.5. The van der Waals surface area contributed by atoms with E-state index in [2.05, 4.69) is 50.2 Å². The largest absolute Gasteiger partial charge is 0.241 e. The van der Waals surface area contributed by atoms with Gasteiger partial charge < -0.3 is 0 Å². The van der Waals surface area contributed by atoms with Crippen LogP contribution in [0.3, 0.4) is 0 Å². The molecule has 1 aromatic heterocycles. The molecule has 0 amide bonds. The fraction of sp³-hybridized carbons (Fsp3) is 0.167. The first-order chi connectivity index (χ1) is 7.34. The summed E-state index contributed by atoms with van der Waals surface area (Å²) in [4.78, 5) is 8.21. The normalized spacial score (nSPS) is 10.2. The molecule has 2 rings (SSSR count). The van der Waals surface area contributed by atoms with Crippen molar-refractivity contribution in [3.63, 3.8) is 0 Å². The Morgan fingerprint density at radius 1 is 1.00 bits per heavy atom. The van der Waals surface area contributed by atoms with E-state index in [4.69, 9.17) is 0 Å². The summed E-state index contributed by atoms with van der Waals surface area (Å²) in [6.07, 6.45) is 3.56. The molecule has 0 atom stereocenters. The van der Waals surface area contributed by atoms with Gasteiger partial charge in [-0.25, -0.2) is 9.97 Å². The molecule has 0 radical (unpaired) electrons. The third-order valence-corrected chi connectivity index (χ3v) is 2.64. The van der Waals surface area contributed by atoms with Gasteiger partial charge in [0.05, 0.1) is 0 Å². The molecule has 0 aliphatic carbocycles. The van der Waals surface area contributed by atoms with E-state index in [0.29, 0.717) is 0 Å². The molecular formula is C12H11BrN2. The molecule has 0 bridgehead atoms. The van der Waals surface area contributed by atoms with Crippen LogP contribution in [0.4, 0.5) is 0 Å². The molecule has 1 heterocycles. The van der Waals surface area contributed by atoms with Crippen LogP contribution in [0.5, 0.6) is 0 Å². The van der Waals surface area contributed by atoms with E-state index in [1.165, 1.54) is 5.56 Å². The number of rotatable bonds is 3. The smallest absolute Gasteiger partial charge is 0.116 e. The van der Waals surface area contributed by atoms with Crippen molar-refractivity contribution in [2.45, 2.75) is 12.8 Å². The number of aromatic nitrogens is 2. The van der Waals surface area contributed by atoms with E-state index < -0.39 is 0 Å². The van der Waals surface area contributed by atoms with Gasteiger partial charge in [-0.3, -0.25) is 0 Å². The Bertz CT molecular complexity index is 429. The lowest BCUT2D eigenvalue weighted by Crippen LogP contribution is -1.95. The maximum Gasteiger partial charge on any atom is 0.116 e. The van der Waals surface area contributed by atoms with Gasteiger partial charge in [0.15, 0.2) is 0 Å². The second kappa shape index (κ2) is 5.03. The highest BCUT2D eigenvalue weighted by Crippen LogP contribution is 2.08. The van der Waals surface area contributed by atoms with Crippen LogP contribution in [0.25, 0.3) is 0 Å². The Balaban J connectivity index is 1.99. The Hall–Kier alpha value is -1.22. The van der Waals surface area contributed by atoms with Crippen LogP contribution in [-0.4, -0.2) is 9.97 Å². The van der Waals surface area contributed by atoms with E-state index in [1.54, 1.807) is 6.33 Å². The fourth-order valence-electron chi connectivity index (χ4n) is 1.42. The summed E-state index contributed by atoms with van der Waals surface area (Å²) in [5.74, 6) is 0. The second-order valence-electron chi connectivity index (χ2n) is 3.32. The Kier molecular flexibility index (Phi) is 3.45. The Morgan fingerprint density at radius 3 is 2.53 bits per heavy atom. The summed E-state index contributed by atoms with van der Waals surface area (Å²) in [6, 6.07) is 12.4. The van der Waals surface area contributed by atoms with E-state index >= 15 is 0 Å². The molecule has 15 heavy (non-hydrogen) atoms. The van der Waals surface area contributed by atoms with Gasteiger partial charge in [-0.15, -0.1) is 0 Å². The lowest BCUT2D eigenvalue weighted by molar-refractivity contribution is 0.896. The average Bonchev–Trinajstić information content (AvgIpc) is 2.28. The van der Waals surface area contributed by atoms with E-state index in [0.717, 1.165) is 23.1 Å². The minimum atomic E-state index is 0.848. The van der Waals surface area contributed by atoms with Gasteiger partial charge in [0.25, 0.3) is 0 Å². The summed E-state index contributed by atoms with van der Waals surface area (Å²) in [7, 11) is 0. The first-order valence-electron chi connectivity index (χ1n) is 4.85. The van der Waals surface area contributed by atoms with Crippen molar-refractivity contribution in [2.75, 3.05) is 0 Å². The van der Waals surface area contributed by atoms with Crippen LogP contribution in [0.15, 0.2) is 47.3 Å². The van der Waals surface area contributed by atoms with Crippen LogP contribution in [-0.2, 0) is 12.8 Å². The minimum Gasteiger partial charge on any atom is -0.241 e. The number of halogens is 1. The SMILES string of the molecule is Brc1cc(CCc2ccccc2)ncn1. The second-order valence-corrected chi connectivity index (χ2v) is 4.13. The van der Waals surface area contributed by atoms with Gasteiger partial charge in [-0.2, -0.15) is 0 Å². The van der Waals surface area contributed by atoms with E-state index in [9.17, 15) is 0 Å². The third-order valence-electron chi connectivity index (χ3n) is 2.20. The van der Waals surface area contributed by atoms with Crippen molar-refractivity contribution in [1.82, 2.24) is 9.97 Å². The van der Waals surface area contributed by atoms with Gasteiger partial charge in [0.1, 0.15) is 10.9 Å². The topological polar surface area (TPSA) is 25.8 Å². The zero-order valence-electron chi connectivity index (χ0n) is 8.23. The molecule has 0 N–H and O–H groups in total. The molecule has 0 unspecified atom stereocenters. The highest BCUT2D eigenvalue weighted by molar-refractivity contribution is 9.10. The van der Waals surface area contributed by atoms with E-state index in [-0.39, 0.29) is 0 Å². The molecule has 0 saturated heterocycles. The van der Waals surface area contributed by atoms with Crippen molar-refractivity contribution in [3.8, 4) is 0 Å². The maximum absolute atomic E-state index is 4.21. The third kappa shape index (κ3) is 3.13. The van der Waals surface area contributed by atoms with Crippen molar-refractivity contribution in [1.29, 1.82) is 0 Å². The molecule has 0 saturated carbocycles. The maximum atomic E-state index is 4.21. The minimum absolute atomic E-state index is 0.848. The predicted molar refractivity (Wildman–Crippen MR) is 63.6 cm³/mol. The number of nitrogens with zero attached hydrogens (tertiary/aromatic N) is 2. The quantitative estimate of drug-likeness (QED) is 0.795. The summed E-state index contributed by atoms with van der Waals surface area (Å²) in [6.45, 7) is 0. The number of hydrogen-bond acceptors (Lipinski definition) is 2. The van der Waals surface area contributed by atoms with E-state index in [1.807, 2.05) is 12.1 Å². The predicted octanol–water partition coefficient (Wildman–Crippen LogP) is 3.02. The lowest BCUT2D eigenvalue weighted by atomic mass is 10.1. The van der Waals surface area contributed by atoms with Gasteiger partial charge in [0, 0.05) is 5.69 Å². The Labute approximate surface area is 97.5 Å². The fourth-order valence-corrected chi connectivity index (χ4v) is 1.78. The van der Waals surface area contributed by atoms with Crippen molar-refractivity contribution >= 4 is 15.9 Å². The molecule has 0 aliphatic rings. The molecule has 0 spiro atoms. The summed E-state index contributed by atoms with van der Waals surface area (Å²) >= 11 is 3.34.